The van der Waals surface area contributed by atoms with Crippen LogP contribution in [0.1, 0.15) is 52.4 Å². The van der Waals surface area contributed by atoms with E-state index in [1.807, 2.05) is 19.9 Å². The Morgan fingerprint density at radius 3 is 2.60 bits per heavy atom. The Hall–Kier alpha value is -1.82. The molecule has 1 saturated carbocycles. The molecule has 2 amide bonds. The fraction of sp³-hybridized carbons (Fsp3) is 0.684. The zero-order valence-corrected chi connectivity index (χ0v) is 15.2. The lowest BCUT2D eigenvalue weighted by atomic mass is 9.80. The number of amides is 2. The van der Waals surface area contributed by atoms with Gasteiger partial charge in [-0.15, -0.1) is 0 Å². The number of rotatable bonds is 7. The molecule has 1 aliphatic heterocycles. The quantitative estimate of drug-likeness (QED) is 0.611. The van der Waals surface area contributed by atoms with E-state index in [2.05, 4.69) is 10.6 Å². The molecule has 0 radical (unpaired) electrons. The molecule has 1 heterocycles. The Kier molecular flexibility index (Phi) is 7.05. The molecule has 0 aromatic carbocycles. The van der Waals surface area contributed by atoms with Crippen LogP contribution >= 0.6 is 0 Å². The van der Waals surface area contributed by atoms with E-state index in [9.17, 15) is 14.7 Å². The summed E-state index contributed by atoms with van der Waals surface area (Å²) in [6.45, 7) is 3.79. The third-order valence-electron chi connectivity index (χ3n) is 5.00. The molecular formula is C19H30N2O4. The third-order valence-corrected chi connectivity index (χ3v) is 5.00. The maximum Gasteiger partial charge on any atom is 0.246 e. The number of ether oxygens (including phenoxy) is 1. The highest BCUT2D eigenvalue weighted by molar-refractivity contribution is 5.95. The van der Waals surface area contributed by atoms with Crippen molar-refractivity contribution in [2.24, 2.45) is 5.92 Å². The minimum atomic E-state index is -0.892. The summed E-state index contributed by atoms with van der Waals surface area (Å²) >= 11 is 0. The van der Waals surface area contributed by atoms with Gasteiger partial charge in [-0.2, -0.15) is 0 Å². The van der Waals surface area contributed by atoms with Gasteiger partial charge in [0.2, 0.25) is 11.8 Å². The monoisotopic (exact) mass is 350 g/mol. The molecule has 0 spiro atoms. The van der Waals surface area contributed by atoms with Crippen molar-refractivity contribution in [3.05, 3.63) is 24.5 Å². The molecule has 2 atom stereocenters. The van der Waals surface area contributed by atoms with Gasteiger partial charge in [-0.3, -0.25) is 9.59 Å². The van der Waals surface area contributed by atoms with E-state index in [1.54, 1.807) is 12.3 Å². The van der Waals surface area contributed by atoms with Gasteiger partial charge in [0.25, 0.3) is 0 Å². The van der Waals surface area contributed by atoms with Crippen molar-refractivity contribution in [3.8, 4) is 0 Å². The first-order chi connectivity index (χ1) is 12.0. The highest BCUT2D eigenvalue weighted by Gasteiger charge is 2.41. The van der Waals surface area contributed by atoms with E-state index in [1.165, 1.54) is 6.08 Å². The van der Waals surface area contributed by atoms with E-state index in [0.29, 0.717) is 12.8 Å². The van der Waals surface area contributed by atoms with Crippen LogP contribution in [0, 0.1) is 5.92 Å². The van der Waals surface area contributed by atoms with Crippen molar-refractivity contribution in [2.75, 3.05) is 6.61 Å². The van der Waals surface area contributed by atoms with E-state index in [-0.39, 0.29) is 36.5 Å². The summed E-state index contributed by atoms with van der Waals surface area (Å²) in [6, 6.07) is -0.309. The smallest absolute Gasteiger partial charge is 0.246 e. The van der Waals surface area contributed by atoms with Gasteiger partial charge in [-0.05, 0) is 30.9 Å². The van der Waals surface area contributed by atoms with Gasteiger partial charge >= 0.3 is 0 Å². The van der Waals surface area contributed by atoms with Gasteiger partial charge in [0.1, 0.15) is 11.6 Å². The maximum absolute atomic E-state index is 12.9. The van der Waals surface area contributed by atoms with Crippen LogP contribution in [-0.4, -0.2) is 41.2 Å². The lowest BCUT2D eigenvalue weighted by Crippen LogP contribution is -2.61. The minimum Gasteiger partial charge on any atom is -0.494 e. The van der Waals surface area contributed by atoms with Gasteiger partial charge in [0, 0.05) is 12.5 Å². The molecule has 0 aromatic rings. The minimum absolute atomic E-state index is 0.110. The number of aliphatic hydroxyl groups excluding tert-OH is 1. The van der Waals surface area contributed by atoms with Crippen LogP contribution in [0.4, 0.5) is 0 Å². The Morgan fingerprint density at radius 2 is 2.04 bits per heavy atom. The van der Waals surface area contributed by atoms with Gasteiger partial charge < -0.3 is 20.5 Å². The van der Waals surface area contributed by atoms with Crippen LogP contribution in [0.5, 0.6) is 0 Å². The summed E-state index contributed by atoms with van der Waals surface area (Å²) in [5.74, 6) is -0.352. The number of carbonyl (C=O) groups is 2. The molecule has 6 nitrogen and oxygen atoms in total. The highest BCUT2D eigenvalue weighted by Crippen LogP contribution is 2.29. The zero-order chi connectivity index (χ0) is 18.3. The van der Waals surface area contributed by atoms with Gasteiger partial charge in [0.15, 0.2) is 0 Å². The molecule has 6 heteroatoms. The van der Waals surface area contributed by atoms with Gasteiger partial charge in [-0.25, -0.2) is 0 Å². The molecule has 0 bridgehead atoms. The summed E-state index contributed by atoms with van der Waals surface area (Å²) in [7, 11) is 0. The summed E-state index contributed by atoms with van der Waals surface area (Å²) in [5.41, 5.74) is -0.892. The predicted molar refractivity (Wildman–Crippen MR) is 95.6 cm³/mol. The van der Waals surface area contributed by atoms with Crippen LogP contribution in [0.15, 0.2) is 24.5 Å². The van der Waals surface area contributed by atoms with Crippen molar-refractivity contribution in [3.63, 3.8) is 0 Å². The lowest BCUT2D eigenvalue weighted by Gasteiger charge is -2.37. The number of aliphatic hydroxyl groups is 1. The molecule has 2 aliphatic rings. The van der Waals surface area contributed by atoms with Crippen molar-refractivity contribution in [1.82, 2.24) is 10.6 Å². The molecule has 1 unspecified atom stereocenters. The highest BCUT2D eigenvalue weighted by atomic mass is 16.5. The number of carbonyl (C=O) groups excluding carboxylic acids is 2. The molecule has 0 aromatic heterocycles. The van der Waals surface area contributed by atoms with Crippen LogP contribution < -0.4 is 10.6 Å². The molecule has 1 fully saturated rings. The van der Waals surface area contributed by atoms with Crippen molar-refractivity contribution < 1.29 is 19.4 Å². The summed E-state index contributed by atoms with van der Waals surface area (Å²) in [4.78, 5) is 25.3. The fourth-order valence-electron chi connectivity index (χ4n) is 3.29. The van der Waals surface area contributed by atoms with Crippen LogP contribution in [-0.2, 0) is 14.3 Å². The predicted octanol–water partition coefficient (Wildman–Crippen LogP) is 1.80. The number of hydrogen-bond donors (Lipinski definition) is 3. The normalized spacial score (nSPS) is 23.4. The first kappa shape index (κ1) is 19.5. The number of nitrogens with one attached hydrogen (secondary N) is 2. The molecule has 25 heavy (non-hydrogen) atoms. The van der Waals surface area contributed by atoms with E-state index in [0.717, 1.165) is 25.7 Å². The summed E-state index contributed by atoms with van der Waals surface area (Å²) in [6.07, 6.45) is 11.5. The van der Waals surface area contributed by atoms with Gasteiger partial charge in [0.05, 0.1) is 18.9 Å². The van der Waals surface area contributed by atoms with Crippen LogP contribution in [0.25, 0.3) is 0 Å². The largest absolute Gasteiger partial charge is 0.494 e. The molecule has 3 N–H and O–H groups in total. The summed E-state index contributed by atoms with van der Waals surface area (Å²) in [5, 5.41) is 15.3. The van der Waals surface area contributed by atoms with Crippen molar-refractivity contribution in [1.29, 1.82) is 0 Å². The third kappa shape index (κ3) is 5.33. The van der Waals surface area contributed by atoms with Crippen LogP contribution in [0.2, 0.25) is 0 Å². The van der Waals surface area contributed by atoms with E-state index >= 15 is 0 Å². The first-order valence-corrected chi connectivity index (χ1v) is 9.19. The van der Waals surface area contributed by atoms with E-state index < -0.39 is 5.54 Å². The Labute approximate surface area is 149 Å². The second-order valence-corrected chi connectivity index (χ2v) is 7.28. The maximum atomic E-state index is 12.9. The van der Waals surface area contributed by atoms with Crippen LogP contribution in [0.3, 0.4) is 0 Å². The molecule has 1 aliphatic carbocycles. The van der Waals surface area contributed by atoms with E-state index in [4.69, 9.17) is 4.74 Å². The molecular weight excluding hydrogens is 320 g/mol. The number of hydrogen-bond acceptors (Lipinski definition) is 4. The Bertz CT molecular complexity index is 514. The lowest BCUT2D eigenvalue weighted by molar-refractivity contribution is -0.134. The topological polar surface area (TPSA) is 87.7 Å². The zero-order valence-electron chi connectivity index (χ0n) is 15.2. The Balaban J connectivity index is 2.03. The average molecular weight is 350 g/mol. The van der Waals surface area contributed by atoms with Crippen molar-refractivity contribution in [2.45, 2.75) is 70.1 Å². The molecule has 2 rings (SSSR count). The second-order valence-electron chi connectivity index (χ2n) is 7.28. The first-order valence-electron chi connectivity index (χ1n) is 9.19. The fourth-order valence-corrected chi connectivity index (χ4v) is 3.29. The average Bonchev–Trinajstić information content (AvgIpc) is 3.11. The standard InChI is InChI=1S/C19H30N2O4/c1-14(2)16(13-22)20-18(24)19(10-4-3-5-11-19)21-17(23)9-8-15-7-6-12-25-15/h6,8-9,12,14-16,22H,3-5,7,10-11,13H2,1-2H3,(H,20,24)(H,21,23)/b9-8+/t15?,16-/m1/s1. The second kappa shape index (κ2) is 9.04. The Morgan fingerprint density at radius 1 is 1.32 bits per heavy atom. The van der Waals surface area contributed by atoms with Crippen molar-refractivity contribution >= 4 is 11.8 Å². The molecule has 0 saturated heterocycles. The summed E-state index contributed by atoms with van der Waals surface area (Å²) < 4.78 is 5.31. The van der Waals surface area contributed by atoms with Gasteiger partial charge in [-0.1, -0.05) is 33.1 Å². The SMILES string of the molecule is CC(C)[C@@H](CO)NC(=O)C1(NC(=O)/C=C/C2CC=CO2)CCCCC1. The molecule has 140 valence electrons.